The van der Waals surface area contributed by atoms with Gasteiger partial charge in [0.25, 0.3) is 0 Å². The third kappa shape index (κ3) is 5.37. The molecule has 5 heteroatoms. The molecule has 0 unspecified atom stereocenters. The second-order valence-corrected chi connectivity index (χ2v) is 5.33. The average Bonchev–Trinajstić information content (AvgIpc) is 2.64. The van der Waals surface area contributed by atoms with Gasteiger partial charge in [0.1, 0.15) is 5.75 Å². The van der Waals surface area contributed by atoms with Gasteiger partial charge < -0.3 is 19.7 Å². The third-order valence-electron chi connectivity index (χ3n) is 3.63. The number of carbonyl (C=O) groups is 1. The molecule has 5 nitrogen and oxygen atoms in total. The topological polar surface area (TPSA) is 50.8 Å². The molecule has 0 fully saturated rings. The quantitative estimate of drug-likeness (QED) is 0.719. The van der Waals surface area contributed by atoms with Gasteiger partial charge in [-0.15, -0.1) is 0 Å². The fourth-order valence-corrected chi connectivity index (χ4v) is 2.32. The lowest BCUT2D eigenvalue weighted by Crippen LogP contribution is -2.38. The maximum atomic E-state index is 12.7. The lowest BCUT2D eigenvalue weighted by atomic mass is 10.2. The maximum Gasteiger partial charge on any atom is 0.241 e. The predicted molar refractivity (Wildman–Crippen MR) is 95.4 cm³/mol. The predicted octanol–water partition coefficient (Wildman–Crippen LogP) is 2.46. The molecule has 0 aromatic heterocycles. The summed E-state index contributed by atoms with van der Waals surface area (Å²) in [7, 11) is 3.27. The van der Waals surface area contributed by atoms with Gasteiger partial charge in [-0.05, 0) is 29.8 Å². The van der Waals surface area contributed by atoms with Crippen LogP contribution in [0.2, 0.25) is 0 Å². The highest BCUT2D eigenvalue weighted by molar-refractivity contribution is 5.94. The molecule has 2 rings (SSSR count). The van der Waals surface area contributed by atoms with Crippen LogP contribution in [-0.4, -0.2) is 39.8 Å². The summed E-state index contributed by atoms with van der Waals surface area (Å²) >= 11 is 0. The molecule has 2 aromatic carbocycles. The van der Waals surface area contributed by atoms with Crippen LogP contribution in [0, 0.1) is 0 Å². The summed E-state index contributed by atoms with van der Waals surface area (Å²) in [4.78, 5) is 14.4. The van der Waals surface area contributed by atoms with Crippen LogP contribution in [0.5, 0.6) is 5.75 Å². The molecule has 0 spiro atoms. The van der Waals surface area contributed by atoms with Crippen LogP contribution in [0.15, 0.2) is 54.6 Å². The number of carbonyl (C=O) groups excluding carboxylic acids is 1. The van der Waals surface area contributed by atoms with E-state index in [2.05, 4.69) is 5.32 Å². The standard InChI is InChI=1S/C19H24N2O3/c1-23-13-12-20-14-19(22)21(15-16-6-4-3-5-7-16)17-8-10-18(24-2)11-9-17/h3-11,20H,12-15H2,1-2H3. The largest absolute Gasteiger partial charge is 0.497 e. The molecule has 128 valence electrons. The SMILES string of the molecule is COCCNCC(=O)N(Cc1ccccc1)c1ccc(OC)cc1. The van der Waals surface area contributed by atoms with E-state index in [0.717, 1.165) is 17.0 Å². The molecule has 0 atom stereocenters. The number of nitrogens with zero attached hydrogens (tertiary/aromatic N) is 1. The molecule has 0 aliphatic heterocycles. The molecule has 1 amide bonds. The van der Waals surface area contributed by atoms with Crippen LogP contribution in [0.4, 0.5) is 5.69 Å². The number of amides is 1. The van der Waals surface area contributed by atoms with E-state index in [1.165, 1.54) is 0 Å². The first-order valence-electron chi connectivity index (χ1n) is 7.92. The lowest BCUT2D eigenvalue weighted by Gasteiger charge is -2.23. The minimum Gasteiger partial charge on any atom is -0.497 e. The van der Waals surface area contributed by atoms with Gasteiger partial charge in [-0.25, -0.2) is 0 Å². The number of methoxy groups -OCH3 is 2. The van der Waals surface area contributed by atoms with Crippen molar-refractivity contribution in [3.05, 3.63) is 60.2 Å². The first kappa shape index (κ1) is 18.0. The van der Waals surface area contributed by atoms with E-state index < -0.39 is 0 Å². The highest BCUT2D eigenvalue weighted by Gasteiger charge is 2.16. The molecule has 0 saturated carbocycles. The Morgan fingerprint density at radius 3 is 2.38 bits per heavy atom. The van der Waals surface area contributed by atoms with Crippen molar-refractivity contribution in [1.82, 2.24) is 5.32 Å². The van der Waals surface area contributed by atoms with Gasteiger partial charge in [0.15, 0.2) is 0 Å². The monoisotopic (exact) mass is 328 g/mol. The van der Waals surface area contributed by atoms with Gasteiger partial charge in [0.05, 0.1) is 26.8 Å². The van der Waals surface area contributed by atoms with Crippen molar-refractivity contribution in [3.8, 4) is 5.75 Å². The van der Waals surface area contributed by atoms with Gasteiger partial charge in [-0.1, -0.05) is 30.3 Å². The highest BCUT2D eigenvalue weighted by atomic mass is 16.5. The minimum atomic E-state index is 0.0140. The van der Waals surface area contributed by atoms with E-state index >= 15 is 0 Å². The van der Waals surface area contributed by atoms with Crippen LogP contribution in [0.1, 0.15) is 5.56 Å². The van der Waals surface area contributed by atoms with Crippen LogP contribution in [-0.2, 0) is 16.1 Å². The average molecular weight is 328 g/mol. The third-order valence-corrected chi connectivity index (χ3v) is 3.63. The van der Waals surface area contributed by atoms with Crippen molar-refractivity contribution in [3.63, 3.8) is 0 Å². The van der Waals surface area contributed by atoms with Crippen molar-refractivity contribution in [2.75, 3.05) is 38.8 Å². The summed E-state index contributed by atoms with van der Waals surface area (Å²) in [6.07, 6.45) is 0. The Morgan fingerprint density at radius 1 is 1.04 bits per heavy atom. The zero-order valence-corrected chi connectivity index (χ0v) is 14.2. The minimum absolute atomic E-state index is 0.0140. The zero-order valence-electron chi connectivity index (χ0n) is 14.2. The van der Waals surface area contributed by atoms with E-state index in [1.54, 1.807) is 19.1 Å². The highest BCUT2D eigenvalue weighted by Crippen LogP contribution is 2.21. The Morgan fingerprint density at radius 2 is 1.75 bits per heavy atom. The van der Waals surface area contributed by atoms with Gasteiger partial charge in [-0.3, -0.25) is 4.79 Å². The first-order chi connectivity index (χ1) is 11.7. The zero-order chi connectivity index (χ0) is 17.2. The second kappa shape index (κ2) is 9.70. The van der Waals surface area contributed by atoms with Crippen LogP contribution in [0.3, 0.4) is 0 Å². The smallest absolute Gasteiger partial charge is 0.241 e. The van der Waals surface area contributed by atoms with Crippen molar-refractivity contribution in [2.24, 2.45) is 0 Å². The molecular formula is C19H24N2O3. The number of ether oxygens (including phenoxy) is 2. The van der Waals surface area contributed by atoms with E-state index in [-0.39, 0.29) is 12.5 Å². The summed E-state index contributed by atoms with van der Waals surface area (Å²) in [6, 6.07) is 17.5. The second-order valence-electron chi connectivity index (χ2n) is 5.33. The van der Waals surface area contributed by atoms with Crippen molar-refractivity contribution in [1.29, 1.82) is 0 Å². The molecule has 1 N–H and O–H groups in total. The fraction of sp³-hybridized carbons (Fsp3) is 0.316. The molecule has 24 heavy (non-hydrogen) atoms. The molecular weight excluding hydrogens is 304 g/mol. The van der Waals surface area contributed by atoms with Crippen molar-refractivity contribution in [2.45, 2.75) is 6.54 Å². The van der Waals surface area contributed by atoms with E-state index in [9.17, 15) is 4.79 Å². The van der Waals surface area contributed by atoms with E-state index in [4.69, 9.17) is 9.47 Å². The number of nitrogens with one attached hydrogen (secondary N) is 1. The van der Waals surface area contributed by atoms with Crippen LogP contribution >= 0.6 is 0 Å². The Kier molecular flexibility index (Phi) is 7.26. The number of anilines is 1. The molecule has 0 saturated heterocycles. The van der Waals surface area contributed by atoms with Crippen LogP contribution in [0.25, 0.3) is 0 Å². The summed E-state index contributed by atoms with van der Waals surface area (Å²) in [6.45, 7) is 2.01. The Bertz CT molecular complexity index is 614. The van der Waals surface area contributed by atoms with Gasteiger partial charge in [0, 0.05) is 19.3 Å². The van der Waals surface area contributed by atoms with Gasteiger partial charge in [0.2, 0.25) is 5.91 Å². The number of benzene rings is 2. The van der Waals surface area contributed by atoms with E-state index in [0.29, 0.717) is 19.7 Å². The number of rotatable bonds is 9. The Labute approximate surface area is 143 Å². The lowest BCUT2D eigenvalue weighted by molar-refractivity contribution is -0.118. The summed E-state index contributed by atoms with van der Waals surface area (Å²) in [5.74, 6) is 0.782. The summed E-state index contributed by atoms with van der Waals surface area (Å²) in [5, 5.41) is 3.10. The van der Waals surface area contributed by atoms with Gasteiger partial charge in [-0.2, -0.15) is 0 Å². The van der Waals surface area contributed by atoms with Gasteiger partial charge >= 0.3 is 0 Å². The summed E-state index contributed by atoms with van der Waals surface area (Å²) in [5.41, 5.74) is 1.93. The Hall–Kier alpha value is -2.37. The molecule has 0 heterocycles. The number of hydrogen-bond donors (Lipinski definition) is 1. The Balaban J connectivity index is 2.12. The van der Waals surface area contributed by atoms with Crippen LogP contribution < -0.4 is 15.0 Å². The normalized spacial score (nSPS) is 10.4. The fourth-order valence-electron chi connectivity index (χ4n) is 2.32. The molecule has 0 radical (unpaired) electrons. The first-order valence-corrected chi connectivity index (χ1v) is 7.92. The molecule has 0 aliphatic carbocycles. The molecule has 0 bridgehead atoms. The maximum absolute atomic E-state index is 12.7. The molecule has 0 aliphatic rings. The van der Waals surface area contributed by atoms with E-state index in [1.807, 2.05) is 54.6 Å². The summed E-state index contributed by atoms with van der Waals surface area (Å²) < 4.78 is 10.2. The van der Waals surface area contributed by atoms with Crippen molar-refractivity contribution >= 4 is 11.6 Å². The van der Waals surface area contributed by atoms with Crippen molar-refractivity contribution < 1.29 is 14.3 Å². The molecule has 2 aromatic rings. The number of hydrogen-bond acceptors (Lipinski definition) is 4.